The molecule has 0 radical (unpaired) electrons. The minimum Gasteiger partial charge on any atom is -0.486 e. The first-order valence-electron chi connectivity index (χ1n) is 11.0. The number of amides is 1. The number of guanidine groups is 1. The first-order valence-corrected chi connectivity index (χ1v) is 11.0. The zero-order valence-electron chi connectivity index (χ0n) is 18.9. The fourth-order valence-electron chi connectivity index (χ4n) is 3.96. The summed E-state index contributed by atoms with van der Waals surface area (Å²) in [6, 6.07) is 7.44. The summed E-state index contributed by atoms with van der Waals surface area (Å²) < 4.78 is 49.5. The quantitative estimate of drug-likeness (QED) is 0.595. The Kier molecular flexibility index (Phi) is 6.67. The maximum atomic E-state index is 14.8. The smallest absolute Gasteiger partial charge is 0.217 e. The van der Waals surface area contributed by atoms with E-state index in [1.165, 1.54) is 12.1 Å². The van der Waals surface area contributed by atoms with Crippen LogP contribution in [0.3, 0.4) is 0 Å². The summed E-state index contributed by atoms with van der Waals surface area (Å²) in [5, 5.41) is 5.77. The van der Waals surface area contributed by atoms with Crippen molar-refractivity contribution in [2.24, 2.45) is 10.7 Å². The summed E-state index contributed by atoms with van der Waals surface area (Å²) >= 11 is 0. The van der Waals surface area contributed by atoms with Gasteiger partial charge in [-0.05, 0) is 50.1 Å². The molecule has 0 fully saturated rings. The number of ether oxygens (including phenoxy) is 1. The van der Waals surface area contributed by atoms with Crippen LogP contribution < -0.4 is 26.0 Å². The number of fused-ring (bicyclic) bond motifs is 1. The number of nitrogens with two attached hydrogens (primary N) is 1. The van der Waals surface area contributed by atoms with Crippen LogP contribution in [-0.4, -0.2) is 37.6 Å². The van der Waals surface area contributed by atoms with Gasteiger partial charge >= 0.3 is 0 Å². The van der Waals surface area contributed by atoms with Crippen LogP contribution in [0.15, 0.2) is 41.2 Å². The molecule has 0 saturated heterocycles. The zero-order chi connectivity index (χ0) is 24.4. The highest BCUT2D eigenvalue weighted by molar-refractivity contribution is 6.00. The molecule has 0 aliphatic carbocycles. The minimum absolute atomic E-state index is 0.0437. The van der Waals surface area contributed by atoms with Crippen molar-refractivity contribution in [1.82, 2.24) is 5.32 Å². The van der Waals surface area contributed by atoms with Gasteiger partial charge in [-0.3, -0.25) is 4.79 Å². The molecule has 0 unspecified atom stereocenters. The van der Waals surface area contributed by atoms with Crippen LogP contribution in [0.4, 0.5) is 24.5 Å². The largest absolute Gasteiger partial charge is 0.486 e. The Hall–Kier alpha value is -3.69. The molecule has 4 rings (SSSR count). The predicted molar refractivity (Wildman–Crippen MR) is 125 cm³/mol. The third-order valence-electron chi connectivity index (χ3n) is 5.67. The molecule has 2 heterocycles. The number of nitrogens with one attached hydrogen (secondary N) is 2. The number of primary amides is 1. The van der Waals surface area contributed by atoms with E-state index in [0.29, 0.717) is 35.7 Å². The number of halogens is 3. The van der Waals surface area contributed by atoms with E-state index in [0.717, 1.165) is 0 Å². The van der Waals surface area contributed by atoms with Gasteiger partial charge in [0, 0.05) is 23.7 Å². The lowest BCUT2D eigenvalue weighted by Gasteiger charge is -2.35. The van der Waals surface area contributed by atoms with Crippen molar-refractivity contribution in [3.63, 3.8) is 0 Å². The summed E-state index contributed by atoms with van der Waals surface area (Å²) in [7, 11) is 0. The highest BCUT2D eigenvalue weighted by atomic mass is 19.1. The van der Waals surface area contributed by atoms with Crippen molar-refractivity contribution in [3.05, 3.63) is 58.9 Å². The topological polar surface area (TPSA) is 92.0 Å². The van der Waals surface area contributed by atoms with E-state index in [9.17, 15) is 18.0 Å². The molecule has 0 spiro atoms. The molecule has 10 heteroatoms. The maximum absolute atomic E-state index is 14.8. The SMILES string of the molecule is CC(C)N1CCOc2c(F)cc(C3=C(F)CN=C(Nc4ccc(CCC(N)=O)c(F)c4)N3)cc21. The molecule has 180 valence electrons. The summed E-state index contributed by atoms with van der Waals surface area (Å²) in [5.74, 6) is -1.80. The molecule has 34 heavy (non-hydrogen) atoms. The number of carbonyl (C=O) groups is 1. The predicted octanol–water partition coefficient (Wildman–Crippen LogP) is 3.70. The van der Waals surface area contributed by atoms with Gasteiger partial charge in [-0.15, -0.1) is 0 Å². The van der Waals surface area contributed by atoms with Crippen LogP contribution >= 0.6 is 0 Å². The van der Waals surface area contributed by atoms with E-state index in [2.05, 4.69) is 15.6 Å². The van der Waals surface area contributed by atoms with Gasteiger partial charge in [0.05, 0.1) is 24.5 Å². The molecule has 0 atom stereocenters. The number of nitrogens with zero attached hydrogens (tertiary/aromatic N) is 2. The minimum atomic E-state index is -0.578. The lowest BCUT2D eigenvalue weighted by atomic mass is 10.1. The Morgan fingerprint density at radius 2 is 2.03 bits per heavy atom. The van der Waals surface area contributed by atoms with Gasteiger partial charge in [0.2, 0.25) is 11.9 Å². The van der Waals surface area contributed by atoms with Crippen molar-refractivity contribution in [2.45, 2.75) is 32.7 Å². The maximum Gasteiger partial charge on any atom is 0.217 e. The summed E-state index contributed by atoms with van der Waals surface area (Å²) in [6.07, 6.45) is 0.238. The second kappa shape index (κ2) is 9.66. The summed E-state index contributed by atoms with van der Waals surface area (Å²) in [5.41, 5.74) is 6.80. The van der Waals surface area contributed by atoms with Gasteiger partial charge < -0.3 is 26.0 Å². The number of anilines is 2. The molecular formula is C24H26F3N5O2. The van der Waals surface area contributed by atoms with Crippen LogP contribution in [0.1, 0.15) is 31.4 Å². The molecule has 0 aromatic heterocycles. The molecule has 2 aromatic carbocycles. The van der Waals surface area contributed by atoms with Gasteiger partial charge in [-0.25, -0.2) is 18.2 Å². The molecule has 2 aromatic rings. The highest BCUT2D eigenvalue weighted by Gasteiger charge is 2.27. The Balaban J connectivity index is 1.54. The van der Waals surface area contributed by atoms with Gasteiger partial charge in [0.1, 0.15) is 18.3 Å². The molecular weight excluding hydrogens is 447 g/mol. The molecule has 1 amide bonds. The monoisotopic (exact) mass is 473 g/mol. The molecule has 2 aliphatic rings. The Labute approximate surface area is 195 Å². The zero-order valence-corrected chi connectivity index (χ0v) is 18.9. The fourth-order valence-corrected chi connectivity index (χ4v) is 3.96. The second-order valence-electron chi connectivity index (χ2n) is 8.41. The molecule has 0 bridgehead atoms. The van der Waals surface area contributed by atoms with E-state index in [4.69, 9.17) is 10.5 Å². The number of hydrogen-bond acceptors (Lipinski definition) is 6. The average molecular weight is 473 g/mol. The summed E-state index contributed by atoms with van der Waals surface area (Å²) in [6.45, 7) is 4.69. The third kappa shape index (κ3) is 4.95. The average Bonchev–Trinajstić information content (AvgIpc) is 2.79. The van der Waals surface area contributed by atoms with Gasteiger partial charge in [0.15, 0.2) is 11.6 Å². The third-order valence-corrected chi connectivity index (χ3v) is 5.67. The van der Waals surface area contributed by atoms with Crippen LogP contribution in [0.5, 0.6) is 5.75 Å². The first kappa shape index (κ1) is 23.5. The van der Waals surface area contributed by atoms with Gasteiger partial charge in [0.25, 0.3) is 0 Å². The molecule has 0 saturated carbocycles. The van der Waals surface area contributed by atoms with E-state index < -0.39 is 23.4 Å². The molecule has 4 N–H and O–H groups in total. The standard InChI is InChI=1S/C24H26F3N5O2/c1-13(2)32-7-8-34-23-18(26)9-15(10-20(23)32)22-19(27)12-29-24(31-22)30-16-5-3-14(17(25)11-16)4-6-21(28)33/h3,5,9-11,13H,4,6-8,12H2,1-2H3,(H2,28,33)(H2,29,30,31). The Bertz CT molecular complexity index is 1180. The lowest BCUT2D eigenvalue weighted by Crippen LogP contribution is -2.38. The van der Waals surface area contributed by atoms with Crippen molar-refractivity contribution in [1.29, 1.82) is 0 Å². The molecule has 7 nitrogen and oxygen atoms in total. The Morgan fingerprint density at radius 3 is 2.74 bits per heavy atom. The van der Waals surface area contributed by atoms with E-state index in [-0.39, 0.29) is 42.8 Å². The summed E-state index contributed by atoms with van der Waals surface area (Å²) in [4.78, 5) is 17.0. The lowest BCUT2D eigenvalue weighted by molar-refractivity contribution is -0.118. The van der Waals surface area contributed by atoms with Crippen molar-refractivity contribution < 1.29 is 22.7 Å². The highest BCUT2D eigenvalue weighted by Crippen LogP contribution is 2.38. The number of hydrogen-bond donors (Lipinski definition) is 3. The van der Waals surface area contributed by atoms with Crippen molar-refractivity contribution >= 4 is 28.9 Å². The first-order chi connectivity index (χ1) is 16.2. The number of aliphatic imine (C=N–C) groups is 1. The van der Waals surface area contributed by atoms with E-state index >= 15 is 0 Å². The Morgan fingerprint density at radius 1 is 1.24 bits per heavy atom. The number of benzene rings is 2. The second-order valence-corrected chi connectivity index (χ2v) is 8.41. The van der Waals surface area contributed by atoms with E-state index in [1.54, 1.807) is 18.2 Å². The van der Waals surface area contributed by atoms with Crippen molar-refractivity contribution in [2.75, 3.05) is 29.9 Å². The number of carbonyl (C=O) groups excluding carboxylic acids is 1. The van der Waals surface area contributed by atoms with Crippen LogP contribution in [-0.2, 0) is 11.2 Å². The van der Waals surface area contributed by atoms with E-state index in [1.807, 2.05) is 18.7 Å². The number of aryl methyl sites for hydroxylation is 1. The van der Waals surface area contributed by atoms with Crippen LogP contribution in [0.2, 0.25) is 0 Å². The number of rotatable bonds is 6. The van der Waals surface area contributed by atoms with Gasteiger partial charge in [-0.2, -0.15) is 0 Å². The normalized spacial score (nSPS) is 15.5. The molecule has 2 aliphatic heterocycles. The van der Waals surface area contributed by atoms with Crippen molar-refractivity contribution in [3.8, 4) is 5.75 Å². The fraction of sp³-hybridized carbons (Fsp3) is 0.333. The van der Waals surface area contributed by atoms with Crippen LogP contribution in [0.25, 0.3) is 5.70 Å². The van der Waals surface area contributed by atoms with Gasteiger partial charge in [-0.1, -0.05) is 6.07 Å². The van der Waals surface area contributed by atoms with Crippen LogP contribution in [0, 0.1) is 11.6 Å².